The molecular weight excluding hydrogens is 518 g/mol. The van der Waals surface area contributed by atoms with Gasteiger partial charge in [0.25, 0.3) is 0 Å². The molecule has 0 aromatic rings. The van der Waals surface area contributed by atoms with E-state index >= 15 is 8.78 Å². The number of carbonyl (C=O) groups is 4. The molecule has 7 nitrogen and oxygen atoms in total. The van der Waals surface area contributed by atoms with Gasteiger partial charge in [0, 0.05) is 30.6 Å². The van der Waals surface area contributed by atoms with Crippen LogP contribution in [-0.4, -0.2) is 63.8 Å². The fourth-order valence-corrected chi connectivity index (χ4v) is 9.56. The van der Waals surface area contributed by atoms with Crippen molar-refractivity contribution in [3.8, 4) is 0 Å². The molecule has 0 aromatic heterocycles. The number of halogens is 2. The topological polar surface area (TPSA) is 107 Å². The van der Waals surface area contributed by atoms with Gasteiger partial charge < -0.3 is 14.6 Å². The van der Waals surface area contributed by atoms with Crippen LogP contribution in [0.15, 0.2) is 23.8 Å². The number of carbonyl (C=O) groups excluding carboxylic acids is 4. The van der Waals surface area contributed by atoms with Crippen molar-refractivity contribution >= 4 is 34.6 Å². The second-order valence-electron chi connectivity index (χ2n) is 12.1. The number of ketones is 1. The molecule has 208 valence electrons. The lowest BCUT2D eigenvalue weighted by Crippen LogP contribution is -2.68. The first-order chi connectivity index (χ1) is 17.7. The summed E-state index contributed by atoms with van der Waals surface area (Å²) in [6.07, 6.45) is 1.03. The van der Waals surface area contributed by atoms with E-state index in [0.717, 1.165) is 18.7 Å². The zero-order chi connectivity index (χ0) is 27.8. The molecule has 10 heteroatoms. The Labute approximate surface area is 224 Å². The smallest absolute Gasteiger partial charge is 0.375 e. The molecule has 1 saturated heterocycles. The third kappa shape index (κ3) is 3.84. The lowest BCUT2D eigenvalue weighted by Gasteiger charge is -2.62. The number of thioether (sulfide) groups is 1. The quantitative estimate of drug-likeness (QED) is 0.320. The maximum atomic E-state index is 17.4. The molecule has 0 spiro atoms. The van der Waals surface area contributed by atoms with Crippen LogP contribution in [-0.2, 0) is 28.7 Å². The Kier molecular flexibility index (Phi) is 6.69. The van der Waals surface area contributed by atoms with Crippen LogP contribution < -0.4 is 0 Å². The van der Waals surface area contributed by atoms with Crippen LogP contribution in [0.1, 0.15) is 53.4 Å². The third-order valence-electron chi connectivity index (χ3n) is 9.98. The number of esters is 2. The average molecular weight is 553 g/mol. The molecule has 38 heavy (non-hydrogen) atoms. The number of fused-ring (bicyclic) bond motifs is 5. The van der Waals surface area contributed by atoms with Gasteiger partial charge in [-0.05, 0) is 61.2 Å². The standard InChI is InChI=1S/C28H34F2O7S/c1-13-9-16-17-11-19(29)18-10-15(37-23(33)14(2)31)5-7-27(18,4)28(17,30)21(32)12-26(16,3)22(13)25(35)38-20-6-8-36-24(20)34/h5,7,10,13,15-17,19-22,32H,6,8-9,11-12H2,1-4H3/t13-,15?,16+,17+,19+,20?,21+,22+,26+,27+,28+/m1/s1. The van der Waals surface area contributed by atoms with Gasteiger partial charge in [-0.25, -0.2) is 13.6 Å². The van der Waals surface area contributed by atoms with Crippen molar-refractivity contribution in [2.24, 2.45) is 34.5 Å². The van der Waals surface area contributed by atoms with Crippen molar-refractivity contribution in [2.45, 2.75) is 82.7 Å². The molecule has 0 amide bonds. The highest BCUT2D eigenvalue weighted by Crippen LogP contribution is 2.70. The summed E-state index contributed by atoms with van der Waals surface area (Å²) in [7, 11) is 0. The Morgan fingerprint density at radius 1 is 1.21 bits per heavy atom. The Morgan fingerprint density at radius 2 is 1.92 bits per heavy atom. The summed E-state index contributed by atoms with van der Waals surface area (Å²) in [6, 6.07) is 0. The molecular formula is C28H34F2O7S. The van der Waals surface area contributed by atoms with Crippen LogP contribution >= 0.6 is 11.8 Å². The lowest BCUT2D eigenvalue weighted by molar-refractivity contribution is -0.201. The second kappa shape index (κ2) is 9.25. The van der Waals surface area contributed by atoms with Gasteiger partial charge in [-0.1, -0.05) is 31.7 Å². The maximum Gasteiger partial charge on any atom is 0.375 e. The first kappa shape index (κ1) is 27.5. The average Bonchev–Trinajstić information content (AvgIpc) is 3.35. The van der Waals surface area contributed by atoms with Gasteiger partial charge in [-0.2, -0.15) is 0 Å². The fourth-order valence-electron chi connectivity index (χ4n) is 8.26. The zero-order valence-corrected chi connectivity index (χ0v) is 22.8. The van der Waals surface area contributed by atoms with Gasteiger partial charge in [-0.15, -0.1) is 0 Å². The monoisotopic (exact) mass is 552 g/mol. The molecule has 11 atom stereocenters. The predicted octanol–water partition coefficient (Wildman–Crippen LogP) is 3.67. The van der Waals surface area contributed by atoms with Crippen LogP contribution in [0, 0.1) is 34.5 Å². The Bertz CT molecular complexity index is 1140. The molecule has 4 fully saturated rings. The molecule has 0 aromatic carbocycles. The SMILES string of the molecule is CC(=O)C(=O)OC1C=C[C@@]2(C)C(=C1)[C@@H](F)C[C@H]1[C@@H]3C[C@@H](C)[C@@H](C(=O)SC4CCOC4=O)[C@@]3(C)C[C@H](O)[C@@]12F. The van der Waals surface area contributed by atoms with Crippen molar-refractivity contribution in [1.29, 1.82) is 0 Å². The number of ether oxygens (including phenoxy) is 2. The van der Waals surface area contributed by atoms with E-state index in [0.29, 0.717) is 12.8 Å². The van der Waals surface area contributed by atoms with Gasteiger partial charge in [0.05, 0.1) is 12.7 Å². The molecule has 2 unspecified atom stereocenters. The first-order valence-electron chi connectivity index (χ1n) is 13.2. The Morgan fingerprint density at radius 3 is 2.55 bits per heavy atom. The number of hydrogen-bond acceptors (Lipinski definition) is 8. The van der Waals surface area contributed by atoms with E-state index in [-0.39, 0.29) is 42.0 Å². The zero-order valence-electron chi connectivity index (χ0n) is 21.9. The first-order valence-corrected chi connectivity index (χ1v) is 14.1. The van der Waals surface area contributed by atoms with Crippen LogP contribution in [0.4, 0.5) is 8.78 Å². The number of allylic oxidation sites excluding steroid dienone is 2. The summed E-state index contributed by atoms with van der Waals surface area (Å²) in [6.45, 7) is 6.74. The maximum absolute atomic E-state index is 17.4. The van der Waals surface area contributed by atoms with Crippen molar-refractivity contribution in [3.63, 3.8) is 0 Å². The largest absolute Gasteiger partial charge is 0.465 e. The number of Topliss-reactive ketones (excluding diaryl/α,β-unsaturated/α-hetero) is 1. The Hall–Kier alpha value is -2.07. The van der Waals surface area contributed by atoms with Gasteiger partial charge in [-0.3, -0.25) is 14.4 Å². The van der Waals surface area contributed by atoms with E-state index in [4.69, 9.17) is 9.47 Å². The number of aliphatic hydroxyl groups is 1. The molecule has 1 heterocycles. The molecule has 1 N–H and O–H groups in total. The van der Waals surface area contributed by atoms with E-state index < -0.39 is 69.7 Å². The van der Waals surface area contributed by atoms with Gasteiger partial charge >= 0.3 is 11.9 Å². The summed E-state index contributed by atoms with van der Waals surface area (Å²) < 4.78 is 43.4. The van der Waals surface area contributed by atoms with E-state index in [1.54, 1.807) is 6.92 Å². The van der Waals surface area contributed by atoms with Crippen LogP contribution in [0.2, 0.25) is 0 Å². The highest BCUT2D eigenvalue weighted by atomic mass is 32.2. The number of hydrogen-bond donors (Lipinski definition) is 1. The molecule has 4 aliphatic carbocycles. The van der Waals surface area contributed by atoms with Gasteiger partial charge in [0.15, 0.2) is 10.8 Å². The van der Waals surface area contributed by atoms with Gasteiger partial charge in [0.1, 0.15) is 17.5 Å². The third-order valence-corrected chi connectivity index (χ3v) is 11.2. The van der Waals surface area contributed by atoms with Gasteiger partial charge in [0.2, 0.25) is 5.78 Å². The molecule has 5 rings (SSSR count). The normalized spacial score (nSPS) is 47.3. The van der Waals surface area contributed by atoms with Crippen molar-refractivity contribution in [2.75, 3.05) is 6.61 Å². The summed E-state index contributed by atoms with van der Waals surface area (Å²) in [5.41, 5.74) is -4.38. The second-order valence-corrected chi connectivity index (χ2v) is 13.3. The lowest BCUT2D eigenvalue weighted by atomic mass is 9.45. The van der Waals surface area contributed by atoms with Crippen molar-refractivity contribution in [3.05, 3.63) is 23.8 Å². The summed E-state index contributed by atoms with van der Waals surface area (Å²) in [4.78, 5) is 48.6. The minimum absolute atomic E-state index is 0.0253. The number of rotatable bonds is 4. The van der Waals surface area contributed by atoms with Crippen LogP contribution in [0.25, 0.3) is 0 Å². The van der Waals surface area contributed by atoms with Crippen molar-refractivity contribution in [1.82, 2.24) is 0 Å². The van der Waals surface area contributed by atoms with E-state index in [1.807, 2.05) is 13.8 Å². The molecule has 5 aliphatic rings. The molecule has 1 aliphatic heterocycles. The molecule has 0 radical (unpaired) electrons. The summed E-state index contributed by atoms with van der Waals surface area (Å²) in [5.74, 6) is -4.10. The molecule has 3 saturated carbocycles. The van der Waals surface area contributed by atoms with Crippen LogP contribution in [0.5, 0.6) is 0 Å². The highest BCUT2D eigenvalue weighted by Gasteiger charge is 2.73. The van der Waals surface area contributed by atoms with E-state index in [2.05, 4.69) is 0 Å². The number of cyclic esters (lactones) is 1. The highest BCUT2D eigenvalue weighted by molar-refractivity contribution is 8.14. The molecule has 0 bridgehead atoms. The van der Waals surface area contributed by atoms with Crippen molar-refractivity contribution < 1.29 is 42.5 Å². The number of alkyl halides is 2. The minimum Gasteiger partial charge on any atom is -0.465 e. The van der Waals surface area contributed by atoms with E-state index in [9.17, 15) is 24.3 Å². The predicted molar refractivity (Wildman–Crippen MR) is 134 cm³/mol. The number of aliphatic hydroxyl groups excluding tert-OH is 1. The summed E-state index contributed by atoms with van der Waals surface area (Å²) in [5, 5.41) is 10.8. The fraction of sp³-hybridized carbons (Fsp3) is 0.714. The Balaban J connectivity index is 1.46. The van der Waals surface area contributed by atoms with E-state index in [1.165, 1.54) is 18.2 Å². The van der Waals surface area contributed by atoms with Crippen LogP contribution in [0.3, 0.4) is 0 Å². The summed E-state index contributed by atoms with van der Waals surface area (Å²) >= 11 is 0.977. The minimum atomic E-state index is -2.21.